The third-order valence-corrected chi connectivity index (χ3v) is 6.15. The van der Waals surface area contributed by atoms with E-state index >= 15 is 0 Å². The molecule has 0 spiro atoms. The van der Waals surface area contributed by atoms with Crippen molar-refractivity contribution in [1.82, 2.24) is 4.57 Å². The average Bonchev–Trinajstić information content (AvgIpc) is 2.83. The van der Waals surface area contributed by atoms with E-state index in [4.69, 9.17) is 9.47 Å². The summed E-state index contributed by atoms with van der Waals surface area (Å²) in [5, 5.41) is 15.0. The van der Waals surface area contributed by atoms with Crippen LogP contribution in [0.1, 0.15) is 12.8 Å². The molecular weight excluding hydrogens is 506 g/mol. The molecule has 1 fully saturated rings. The molecule has 0 aliphatic carbocycles. The fourth-order valence-electron chi connectivity index (χ4n) is 3.80. The minimum absolute atomic E-state index is 0.0356. The Hall–Kier alpha value is -3.50. The maximum atomic E-state index is 12.8. The minimum Gasteiger partial charge on any atom is -0.449 e. The van der Waals surface area contributed by atoms with E-state index in [1.165, 1.54) is 10.6 Å². The summed E-state index contributed by atoms with van der Waals surface area (Å²) in [5.41, 5.74) is 0.358. The van der Waals surface area contributed by atoms with Crippen LogP contribution in [0.25, 0.3) is 11.1 Å². The number of halogens is 1. The number of carbonyl (C=O) groups is 1. The highest BCUT2D eigenvalue weighted by Crippen LogP contribution is 2.45. The smallest absolute Gasteiger partial charge is 0.335 e. The second-order valence-corrected chi connectivity index (χ2v) is 8.73. The first kappa shape index (κ1) is 23.7. The predicted molar refractivity (Wildman–Crippen MR) is 130 cm³/mol. The van der Waals surface area contributed by atoms with Crippen LogP contribution in [0, 0.1) is 16.0 Å². The zero-order valence-electron chi connectivity index (χ0n) is 18.3. The quantitative estimate of drug-likeness (QED) is 0.361. The summed E-state index contributed by atoms with van der Waals surface area (Å²) in [5.74, 6) is -0.226. The number of amides is 1. The Balaban J connectivity index is 1.85. The van der Waals surface area contributed by atoms with Gasteiger partial charge in [0.1, 0.15) is 11.4 Å². The van der Waals surface area contributed by atoms with Crippen molar-refractivity contribution < 1.29 is 19.2 Å². The Kier molecular flexibility index (Phi) is 7.09. The van der Waals surface area contributed by atoms with E-state index in [1.807, 2.05) is 0 Å². The molecule has 0 atom stereocenters. The van der Waals surface area contributed by atoms with E-state index in [2.05, 4.69) is 21.2 Å². The second-order valence-electron chi connectivity index (χ2n) is 7.88. The van der Waals surface area contributed by atoms with Gasteiger partial charge < -0.3 is 19.4 Å². The highest BCUT2D eigenvalue weighted by molar-refractivity contribution is 9.10. The fourth-order valence-corrected chi connectivity index (χ4v) is 4.33. The molecule has 1 aliphatic heterocycles. The Labute approximate surface area is 203 Å². The lowest BCUT2D eigenvalue weighted by Crippen LogP contribution is -2.28. The number of nitrogens with one attached hydrogen (secondary N) is 1. The van der Waals surface area contributed by atoms with Gasteiger partial charge in [0.15, 0.2) is 0 Å². The Bertz CT molecular complexity index is 1260. The van der Waals surface area contributed by atoms with Crippen LogP contribution in [0.4, 0.5) is 11.4 Å². The first-order valence-corrected chi connectivity index (χ1v) is 11.4. The summed E-state index contributed by atoms with van der Waals surface area (Å²) in [6.45, 7) is 0.951. The Morgan fingerprint density at radius 1 is 1.21 bits per heavy atom. The van der Waals surface area contributed by atoms with Crippen LogP contribution < -0.4 is 15.6 Å². The average molecular weight is 528 g/mol. The van der Waals surface area contributed by atoms with Crippen molar-refractivity contribution in [1.29, 1.82) is 0 Å². The second kappa shape index (κ2) is 10.2. The summed E-state index contributed by atoms with van der Waals surface area (Å²) in [7, 11) is 1.59. The molecule has 10 heteroatoms. The third-order valence-electron chi connectivity index (χ3n) is 5.58. The molecule has 4 rings (SSSR count). The SMILES string of the molecule is Cn1cc(-c2ccc(NC(=O)C3CCOCC3)c([N+](=O)[O-])c2Oc2ccccc2)cc(Br)c1=O. The molecule has 9 nitrogen and oxygen atoms in total. The zero-order chi connectivity index (χ0) is 24.2. The number of pyridine rings is 1. The molecule has 1 aliphatic rings. The number of para-hydroxylation sites is 1. The van der Waals surface area contributed by atoms with Crippen molar-refractivity contribution in [2.45, 2.75) is 12.8 Å². The van der Waals surface area contributed by atoms with Crippen LogP contribution in [-0.2, 0) is 16.6 Å². The van der Waals surface area contributed by atoms with E-state index in [-0.39, 0.29) is 34.5 Å². The number of anilines is 1. The Morgan fingerprint density at radius 3 is 2.56 bits per heavy atom. The van der Waals surface area contributed by atoms with E-state index in [1.54, 1.807) is 55.7 Å². The van der Waals surface area contributed by atoms with Gasteiger partial charge >= 0.3 is 5.69 Å². The lowest BCUT2D eigenvalue weighted by atomic mass is 9.99. The first-order chi connectivity index (χ1) is 16.3. The number of nitro groups is 1. The van der Waals surface area contributed by atoms with Crippen molar-refractivity contribution in [2.24, 2.45) is 13.0 Å². The molecule has 1 aromatic heterocycles. The minimum atomic E-state index is -0.571. The number of benzene rings is 2. The topological polar surface area (TPSA) is 113 Å². The molecular formula is C24H22BrN3O6. The summed E-state index contributed by atoms with van der Waals surface area (Å²) in [6, 6.07) is 13.4. The van der Waals surface area contributed by atoms with Crippen LogP contribution in [0.5, 0.6) is 11.5 Å². The maximum Gasteiger partial charge on any atom is 0.335 e. The van der Waals surface area contributed by atoms with E-state index < -0.39 is 4.92 Å². The highest BCUT2D eigenvalue weighted by Gasteiger charge is 2.30. The van der Waals surface area contributed by atoms with E-state index in [0.717, 1.165) is 0 Å². The van der Waals surface area contributed by atoms with Gasteiger partial charge in [0, 0.05) is 43.5 Å². The van der Waals surface area contributed by atoms with Gasteiger partial charge in [-0.1, -0.05) is 18.2 Å². The number of hydrogen-bond acceptors (Lipinski definition) is 6. The Morgan fingerprint density at radius 2 is 1.91 bits per heavy atom. The van der Waals surface area contributed by atoms with Crippen molar-refractivity contribution >= 4 is 33.2 Å². The molecule has 0 unspecified atom stereocenters. The zero-order valence-corrected chi connectivity index (χ0v) is 19.9. The number of ether oxygens (including phenoxy) is 2. The van der Waals surface area contributed by atoms with Gasteiger partial charge in [0.2, 0.25) is 11.7 Å². The molecule has 34 heavy (non-hydrogen) atoms. The molecule has 0 saturated carbocycles. The number of aryl methyl sites for hydroxylation is 1. The number of nitro benzene ring substituents is 1. The van der Waals surface area contributed by atoms with Gasteiger partial charge in [0.25, 0.3) is 5.56 Å². The van der Waals surface area contributed by atoms with Gasteiger partial charge in [0.05, 0.1) is 9.40 Å². The molecule has 1 N–H and O–H groups in total. The largest absolute Gasteiger partial charge is 0.449 e. The van der Waals surface area contributed by atoms with Crippen molar-refractivity contribution in [3.05, 3.63) is 79.7 Å². The van der Waals surface area contributed by atoms with Crippen molar-refractivity contribution in [3.8, 4) is 22.6 Å². The van der Waals surface area contributed by atoms with Gasteiger partial charge in [-0.05, 0) is 59.1 Å². The number of rotatable bonds is 6. The summed E-state index contributed by atoms with van der Waals surface area (Å²) in [4.78, 5) is 36.6. The predicted octanol–water partition coefficient (Wildman–Crippen LogP) is 4.88. The molecule has 1 amide bonds. The van der Waals surface area contributed by atoms with Crippen molar-refractivity contribution in [3.63, 3.8) is 0 Å². The van der Waals surface area contributed by atoms with E-state index in [0.29, 0.717) is 47.4 Å². The van der Waals surface area contributed by atoms with Crippen LogP contribution in [0.2, 0.25) is 0 Å². The summed E-state index contributed by atoms with van der Waals surface area (Å²) in [6.07, 6.45) is 2.68. The molecule has 176 valence electrons. The molecule has 2 heterocycles. The molecule has 0 bridgehead atoms. The fraction of sp³-hybridized carbons (Fsp3) is 0.250. The molecule has 2 aromatic carbocycles. The van der Waals surface area contributed by atoms with Gasteiger partial charge in [-0.2, -0.15) is 0 Å². The van der Waals surface area contributed by atoms with Gasteiger partial charge in [-0.3, -0.25) is 19.7 Å². The standard InChI is InChI=1S/C24H22BrN3O6/c1-27-14-16(13-19(25)24(27)30)18-7-8-20(26-23(29)15-9-11-33-12-10-15)21(28(31)32)22(18)34-17-5-3-2-4-6-17/h2-8,13-15H,9-12H2,1H3,(H,26,29). The number of hydrogen-bond donors (Lipinski definition) is 1. The summed E-state index contributed by atoms with van der Waals surface area (Å²) < 4.78 is 13.0. The normalized spacial score (nSPS) is 13.9. The molecule has 1 saturated heterocycles. The number of nitrogens with zero attached hydrogens (tertiary/aromatic N) is 2. The number of carbonyl (C=O) groups excluding carboxylic acids is 1. The summed E-state index contributed by atoms with van der Waals surface area (Å²) >= 11 is 3.25. The lowest BCUT2D eigenvalue weighted by Gasteiger charge is -2.21. The molecule has 3 aromatic rings. The van der Waals surface area contributed by atoms with Crippen LogP contribution in [0.3, 0.4) is 0 Å². The van der Waals surface area contributed by atoms with Crippen LogP contribution >= 0.6 is 15.9 Å². The molecule has 0 radical (unpaired) electrons. The van der Waals surface area contributed by atoms with Gasteiger partial charge in [-0.15, -0.1) is 0 Å². The van der Waals surface area contributed by atoms with Crippen molar-refractivity contribution in [2.75, 3.05) is 18.5 Å². The third kappa shape index (κ3) is 5.02. The number of aromatic nitrogens is 1. The highest BCUT2D eigenvalue weighted by atomic mass is 79.9. The lowest BCUT2D eigenvalue weighted by molar-refractivity contribution is -0.384. The van der Waals surface area contributed by atoms with Gasteiger partial charge in [-0.25, -0.2) is 0 Å². The van der Waals surface area contributed by atoms with Crippen LogP contribution in [0.15, 0.2) is 64.0 Å². The van der Waals surface area contributed by atoms with Crippen LogP contribution in [-0.4, -0.2) is 28.6 Å². The monoisotopic (exact) mass is 527 g/mol. The maximum absolute atomic E-state index is 12.8. The first-order valence-electron chi connectivity index (χ1n) is 10.6. The van der Waals surface area contributed by atoms with E-state index in [9.17, 15) is 19.7 Å².